The summed E-state index contributed by atoms with van der Waals surface area (Å²) in [6, 6.07) is 0. The number of halogens is 2. The number of aliphatic imine (C=N–C) groups is 1. The van der Waals surface area contributed by atoms with Gasteiger partial charge in [-0.15, -0.1) is 0 Å². The zero-order valence-electron chi connectivity index (χ0n) is 7.43. The Morgan fingerprint density at radius 3 is 2.77 bits per heavy atom. The van der Waals surface area contributed by atoms with Crippen LogP contribution in [0, 0.1) is 0 Å². The summed E-state index contributed by atoms with van der Waals surface area (Å²) in [5, 5.41) is 2.35. The molecule has 0 rings (SSSR count). The summed E-state index contributed by atoms with van der Waals surface area (Å²) in [4.78, 5) is 3.75. The monoisotopic (exact) mass is 189 g/mol. The fraction of sp³-hybridized carbons (Fsp3) is 0.375. The van der Waals surface area contributed by atoms with Crippen molar-refractivity contribution in [3.63, 3.8) is 0 Å². The van der Waals surface area contributed by atoms with Crippen molar-refractivity contribution < 1.29 is 8.78 Å². The zero-order chi connectivity index (χ0) is 10.3. The quantitative estimate of drug-likeness (QED) is 0.639. The van der Waals surface area contributed by atoms with Crippen LogP contribution >= 0.6 is 0 Å². The Bertz CT molecular complexity index is 221. The van der Waals surface area contributed by atoms with Gasteiger partial charge in [-0.2, -0.15) is 0 Å². The number of hydrogen-bond donors (Lipinski definition) is 2. The summed E-state index contributed by atoms with van der Waals surface area (Å²) >= 11 is 0. The van der Waals surface area contributed by atoms with E-state index in [-0.39, 0.29) is 5.82 Å². The second-order valence-electron chi connectivity index (χ2n) is 2.39. The molecule has 3 N–H and O–H groups in total. The predicted molar refractivity (Wildman–Crippen MR) is 49.6 cm³/mol. The van der Waals surface area contributed by atoms with Crippen LogP contribution in [0.25, 0.3) is 0 Å². The SMILES string of the molecule is C=C(/N=C\C(C)=C/N)NCC(F)F. The van der Waals surface area contributed by atoms with Crippen molar-refractivity contribution in [2.24, 2.45) is 10.7 Å². The molecular formula is C8H13F2N3. The van der Waals surface area contributed by atoms with E-state index in [1.54, 1.807) is 6.92 Å². The van der Waals surface area contributed by atoms with E-state index in [1.807, 2.05) is 0 Å². The van der Waals surface area contributed by atoms with Crippen LogP contribution in [0.15, 0.2) is 29.2 Å². The van der Waals surface area contributed by atoms with Crippen molar-refractivity contribution in [3.05, 3.63) is 24.2 Å². The molecule has 0 atom stereocenters. The summed E-state index contributed by atoms with van der Waals surface area (Å²) in [5.74, 6) is 0.196. The van der Waals surface area contributed by atoms with Gasteiger partial charge in [-0.25, -0.2) is 13.8 Å². The Kier molecular flexibility index (Phi) is 5.50. The Labute approximate surface area is 76.0 Å². The molecule has 3 nitrogen and oxygen atoms in total. The molecule has 0 bridgehead atoms. The lowest BCUT2D eigenvalue weighted by Gasteiger charge is -2.02. The lowest BCUT2D eigenvalue weighted by molar-refractivity contribution is 0.149. The molecule has 0 aliphatic rings. The van der Waals surface area contributed by atoms with Crippen LogP contribution in [0.5, 0.6) is 0 Å². The van der Waals surface area contributed by atoms with E-state index < -0.39 is 13.0 Å². The van der Waals surface area contributed by atoms with Gasteiger partial charge in [0, 0.05) is 6.21 Å². The van der Waals surface area contributed by atoms with Gasteiger partial charge in [-0.3, -0.25) is 0 Å². The number of rotatable bonds is 5. The van der Waals surface area contributed by atoms with Crippen molar-refractivity contribution in [3.8, 4) is 0 Å². The van der Waals surface area contributed by atoms with E-state index in [1.165, 1.54) is 12.4 Å². The molecule has 0 unspecified atom stereocenters. The van der Waals surface area contributed by atoms with E-state index in [2.05, 4.69) is 16.9 Å². The summed E-state index contributed by atoms with van der Waals surface area (Å²) in [7, 11) is 0. The molecule has 0 fully saturated rings. The van der Waals surface area contributed by atoms with E-state index in [0.717, 1.165) is 5.57 Å². The maximum Gasteiger partial charge on any atom is 0.255 e. The third-order valence-electron chi connectivity index (χ3n) is 1.15. The summed E-state index contributed by atoms with van der Waals surface area (Å²) in [6.07, 6.45) is 0.406. The van der Waals surface area contributed by atoms with Gasteiger partial charge in [-0.05, 0) is 18.7 Å². The molecule has 0 amide bonds. The van der Waals surface area contributed by atoms with Gasteiger partial charge in [0.25, 0.3) is 6.43 Å². The van der Waals surface area contributed by atoms with E-state index >= 15 is 0 Å². The predicted octanol–water partition coefficient (Wildman–Crippen LogP) is 1.25. The maximum absolute atomic E-state index is 11.7. The van der Waals surface area contributed by atoms with Crippen molar-refractivity contribution in [2.75, 3.05) is 6.54 Å². The smallest absolute Gasteiger partial charge is 0.255 e. The van der Waals surface area contributed by atoms with Crippen molar-refractivity contribution in [2.45, 2.75) is 13.3 Å². The van der Waals surface area contributed by atoms with Gasteiger partial charge in [0.05, 0.1) is 6.54 Å². The van der Waals surface area contributed by atoms with Crippen LogP contribution in [0.1, 0.15) is 6.92 Å². The van der Waals surface area contributed by atoms with E-state index in [4.69, 9.17) is 5.73 Å². The molecule has 0 radical (unpaired) electrons. The first-order valence-electron chi connectivity index (χ1n) is 3.69. The lowest BCUT2D eigenvalue weighted by Crippen LogP contribution is -2.19. The molecule has 0 aromatic rings. The van der Waals surface area contributed by atoms with Crippen molar-refractivity contribution in [1.82, 2.24) is 5.32 Å². The molecule has 74 valence electrons. The first kappa shape index (κ1) is 11.6. The highest BCUT2D eigenvalue weighted by molar-refractivity contribution is 5.78. The zero-order valence-corrected chi connectivity index (χ0v) is 7.43. The first-order valence-corrected chi connectivity index (χ1v) is 3.69. The fourth-order valence-corrected chi connectivity index (χ4v) is 0.463. The molecule has 0 saturated heterocycles. The van der Waals surface area contributed by atoms with Crippen LogP contribution in [0.3, 0.4) is 0 Å². The summed E-state index contributed by atoms with van der Waals surface area (Å²) < 4.78 is 23.3. The maximum atomic E-state index is 11.7. The molecule has 5 heteroatoms. The topological polar surface area (TPSA) is 50.4 Å². The van der Waals surface area contributed by atoms with Crippen LogP contribution in [0.4, 0.5) is 8.78 Å². The van der Waals surface area contributed by atoms with Crippen LogP contribution < -0.4 is 11.1 Å². The number of allylic oxidation sites excluding steroid dienone is 1. The van der Waals surface area contributed by atoms with Gasteiger partial charge in [-0.1, -0.05) is 6.58 Å². The average molecular weight is 189 g/mol. The average Bonchev–Trinajstić information content (AvgIpc) is 2.10. The molecule has 0 spiro atoms. The largest absolute Gasteiger partial charge is 0.404 e. The first-order chi connectivity index (χ1) is 6.06. The van der Waals surface area contributed by atoms with Crippen LogP contribution in [-0.4, -0.2) is 19.2 Å². The second kappa shape index (κ2) is 6.16. The minimum Gasteiger partial charge on any atom is -0.404 e. The third-order valence-corrected chi connectivity index (χ3v) is 1.15. The minimum absolute atomic E-state index is 0.196. The molecule has 0 aromatic heterocycles. The normalized spacial score (nSPS) is 12.5. The number of nitrogens with zero attached hydrogens (tertiary/aromatic N) is 1. The highest BCUT2D eigenvalue weighted by Crippen LogP contribution is 1.93. The second-order valence-corrected chi connectivity index (χ2v) is 2.39. The standard InChI is InChI=1S/C8H13F2N3/c1-6(3-11)4-12-7(2)13-5-8(9)10/h3-4,8,13H,2,5,11H2,1H3/b6-3-,12-4-. The number of nitrogens with two attached hydrogens (primary N) is 1. The Morgan fingerprint density at radius 2 is 2.31 bits per heavy atom. The lowest BCUT2D eigenvalue weighted by atomic mass is 10.4. The van der Waals surface area contributed by atoms with Gasteiger partial charge < -0.3 is 11.1 Å². The van der Waals surface area contributed by atoms with Gasteiger partial charge in [0.1, 0.15) is 5.82 Å². The minimum atomic E-state index is -2.40. The molecule has 0 aliphatic carbocycles. The highest BCUT2D eigenvalue weighted by Gasteiger charge is 2.00. The van der Waals surface area contributed by atoms with Crippen molar-refractivity contribution in [1.29, 1.82) is 0 Å². The van der Waals surface area contributed by atoms with Gasteiger partial charge in [0.2, 0.25) is 0 Å². The number of nitrogens with one attached hydrogen (secondary N) is 1. The summed E-state index contributed by atoms with van der Waals surface area (Å²) in [5.41, 5.74) is 5.89. The van der Waals surface area contributed by atoms with E-state index in [9.17, 15) is 8.78 Å². The number of hydrogen-bond acceptors (Lipinski definition) is 3. The highest BCUT2D eigenvalue weighted by atomic mass is 19.3. The van der Waals surface area contributed by atoms with Crippen molar-refractivity contribution >= 4 is 6.21 Å². The van der Waals surface area contributed by atoms with Gasteiger partial charge >= 0.3 is 0 Å². The fourth-order valence-electron chi connectivity index (χ4n) is 0.463. The third kappa shape index (κ3) is 6.99. The molecule has 13 heavy (non-hydrogen) atoms. The summed E-state index contributed by atoms with van der Waals surface area (Å²) in [6.45, 7) is 4.72. The van der Waals surface area contributed by atoms with Gasteiger partial charge in [0.15, 0.2) is 0 Å². The Hall–Kier alpha value is -1.39. The molecule has 0 aliphatic heterocycles. The molecule has 0 aromatic carbocycles. The Morgan fingerprint density at radius 1 is 1.69 bits per heavy atom. The molecular weight excluding hydrogens is 176 g/mol. The Balaban J connectivity index is 3.81. The molecule has 0 saturated carbocycles. The van der Waals surface area contributed by atoms with Crippen LogP contribution in [0.2, 0.25) is 0 Å². The van der Waals surface area contributed by atoms with Crippen LogP contribution in [-0.2, 0) is 0 Å². The molecule has 0 heterocycles. The van der Waals surface area contributed by atoms with E-state index in [0.29, 0.717) is 0 Å². The number of alkyl halides is 2.